The summed E-state index contributed by atoms with van der Waals surface area (Å²) in [4.78, 5) is 9.96. The van der Waals surface area contributed by atoms with Gasteiger partial charge in [-0.2, -0.15) is 0 Å². The first-order valence-electron chi connectivity index (χ1n) is 4.22. The van der Waals surface area contributed by atoms with Crippen molar-refractivity contribution in [3.05, 3.63) is 16.3 Å². The maximum Gasteiger partial charge on any atom is 0.330 e. The molecule has 0 saturated carbocycles. The van der Waals surface area contributed by atoms with Gasteiger partial charge in [-0.3, -0.25) is 14.8 Å². The highest BCUT2D eigenvalue weighted by atomic mass is 32.2. The van der Waals surface area contributed by atoms with Crippen molar-refractivity contribution in [3.63, 3.8) is 0 Å². The topological polar surface area (TPSA) is 133 Å². The van der Waals surface area contributed by atoms with Crippen molar-refractivity contribution in [3.8, 4) is 0 Å². The van der Waals surface area contributed by atoms with E-state index in [0.29, 0.717) is 0 Å². The number of hydrogen-bond donors (Lipinski definition) is 2. The van der Waals surface area contributed by atoms with Gasteiger partial charge in [0.2, 0.25) is 15.8 Å². The molecule has 3 N–H and O–H groups in total. The van der Waals surface area contributed by atoms with Crippen LogP contribution in [0.25, 0.3) is 0 Å². The van der Waals surface area contributed by atoms with E-state index in [1.807, 2.05) is 0 Å². The summed E-state index contributed by atoms with van der Waals surface area (Å²) < 4.78 is 22.5. The van der Waals surface area contributed by atoms with Crippen molar-refractivity contribution in [1.82, 2.24) is 9.78 Å². The molecule has 0 aliphatic heterocycles. The first-order valence-corrected chi connectivity index (χ1v) is 5.93. The summed E-state index contributed by atoms with van der Waals surface area (Å²) in [7, 11) is -2.06. The van der Waals surface area contributed by atoms with Crippen molar-refractivity contribution in [2.75, 3.05) is 17.6 Å². The molecule has 0 radical (unpaired) electrons. The van der Waals surface area contributed by atoms with Gasteiger partial charge in [0, 0.05) is 13.6 Å². The molecular formula is C6H11N5O4S. The Morgan fingerprint density at radius 3 is 2.81 bits per heavy atom. The number of sulfonamides is 1. The van der Waals surface area contributed by atoms with Gasteiger partial charge in [-0.05, 0) is 0 Å². The number of nitrogens with zero attached hydrogens (tertiary/aromatic N) is 3. The molecule has 10 heteroatoms. The van der Waals surface area contributed by atoms with Gasteiger partial charge in [0.15, 0.2) is 0 Å². The molecule has 0 aliphatic rings. The lowest BCUT2D eigenvalue weighted by Crippen LogP contribution is -2.22. The Hall–Kier alpha value is -1.68. The van der Waals surface area contributed by atoms with Gasteiger partial charge < -0.3 is 5.32 Å². The molecular weight excluding hydrogens is 238 g/mol. The minimum atomic E-state index is -3.59. The minimum absolute atomic E-state index is 0.0242. The van der Waals surface area contributed by atoms with E-state index in [-0.39, 0.29) is 23.8 Å². The molecule has 0 bridgehead atoms. The average molecular weight is 249 g/mol. The average Bonchev–Trinajstić information content (AvgIpc) is 2.44. The second kappa shape index (κ2) is 4.45. The lowest BCUT2D eigenvalue weighted by Gasteiger charge is -2.00. The van der Waals surface area contributed by atoms with Crippen LogP contribution in [-0.2, 0) is 17.1 Å². The lowest BCUT2D eigenvalue weighted by atomic mass is 10.5. The fourth-order valence-electron chi connectivity index (χ4n) is 1.05. The van der Waals surface area contributed by atoms with Crippen molar-refractivity contribution >= 4 is 21.5 Å². The van der Waals surface area contributed by atoms with Crippen LogP contribution in [0.15, 0.2) is 6.20 Å². The largest absolute Gasteiger partial charge is 0.362 e. The van der Waals surface area contributed by atoms with E-state index in [1.54, 1.807) is 0 Å². The summed E-state index contributed by atoms with van der Waals surface area (Å²) in [5.41, 5.74) is -0.211. The fraction of sp³-hybridized carbons (Fsp3) is 0.500. The predicted molar refractivity (Wildman–Crippen MR) is 56.3 cm³/mol. The van der Waals surface area contributed by atoms with Crippen molar-refractivity contribution in [2.45, 2.75) is 0 Å². The highest BCUT2D eigenvalue weighted by molar-refractivity contribution is 7.89. The highest BCUT2D eigenvalue weighted by Gasteiger charge is 2.18. The number of nitrogens with two attached hydrogens (primary N) is 1. The zero-order valence-electron chi connectivity index (χ0n) is 8.45. The molecule has 0 atom stereocenters. The third kappa shape index (κ3) is 3.47. The number of nitrogens with one attached hydrogen (secondary N) is 1. The molecule has 0 fully saturated rings. The molecule has 1 aromatic heterocycles. The molecule has 0 aromatic carbocycles. The molecule has 0 amide bonds. The summed E-state index contributed by atoms with van der Waals surface area (Å²) in [6.45, 7) is -0.0311. The molecule has 9 nitrogen and oxygen atoms in total. The third-order valence-electron chi connectivity index (χ3n) is 1.69. The molecule has 1 heterocycles. The van der Waals surface area contributed by atoms with E-state index in [0.717, 1.165) is 0 Å². The van der Waals surface area contributed by atoms with Crippen LogP contribution in [0, 0.1) is 10.1 Å². The predicted octanol–water partition coefficient (Wildman–Crippen LogP) is -0.971. The van der Waals surface area contributed by atoms with Gasteiger partial charge in [-0.15, -0.1) is 5.10 Å². The number of aromatic nitrogens is 2. The first kappa shape index (κ1) is 12.4. The Balaban J connectivity index is 2.70. The number of nitro groups is 1. The maximum atomic E-state index is 10.6. The number of hydrogen-bond acceptors (Lipinski definition) is 6. The number of rotatable bonds is 5. The summed E-state index contributed by atoms with van der Waals surface area (Å²) in [5.74, 6) is -0.295. The third-order valence-corrected chi connectivity index (χ3v) is 2.46. The minimum Gasteiger partial charge on any atom is -0.362 e. The first-order chi connectivity index (χ1) is 7.29. The van der Waals surface area contributed by atoms with Crippen LogP contribution in [0.2, 0.25) is 0 Å². The highest BCUT2D eigenvalue weighted by Crippen LogP contribution is 2.20. The van der Waals surface area contributed by atoms with Gasteiger partial charge in [0.25, 0.3) is 0 Å². The number of primary sulfonamides is 1. The Morgan fingerprint density at radius 2 is 2.31 bits per heavy atom. The number of aryl methyl sites for hydroxylation is 1. The smallest absolute Gasteiger partial charge is 0.330 e. The van der Waals surface area contributed by atoms with Crippen LogP contribution in [0.3, 0.4) is 0 Å². The SMILES string of the molecule is Cn1cc([N+](=O)[O-])c(NCCS(N)(=O)=O)n1. The molecule has 0 saturated heterocycles. The lowest BCUT2D eigenvalue weighted by molar-refractivity contribution is -0.384. The summed E-state index contributed by atoms with van der Waals surface area (Å²) in [5, 5.41) is 21.7. The summed E-state index contributed by atoms with van der Waals surface area (Å²) in [6.07, 6.45) is 1.22. The molecule has 0 aliphatic carbocycles. The van der Waals surface area contributed by atoms with E-state index in [9.17, 15) is 18.5 Å². The van der Waals surface area contributed by atoms with E-state index in [1.165, 1.54) is 17.9 Å². The number of anilines is 1. The zero-order valence-corrected chi connectivity index (χ0v) is 9.27. The van der Waals surface area contributed by atoms with Crippen molar-refractivity contribution in [1.29, 1.82) is 0 Å². The van der Waals surface area contributed by atoms with E-state index < -0.39 is 14.9 Å². The Morgan fingerprint density at radius 1 is 1.69 bits per heavy atom. The van der Waals surface area contributed by atoms with Crippen LogP contribution in [-0.4, -0.2) is 35.4 Å². The quantitative estimate of drug-likeness (QED) is 0.509. The molecule has 1 rings (SSSR count). The summed E-state index contributed by atoms with van der Waals surface area (Å²) >= 11 is 0. The second-order valence-corrected chi connectivity index (χ2v) is 4.82. The van der Waals surface area contributed by atoms with E-state index in [4.69, 9.17) is 5.14 Å². The van der Waals surface area contributed by atoms with Gasteiger partial charge in [-0.25, -0.2) is 13.6 Å². The Labute approximate surface area is 91.4 Å². The Kier molecular flexibility index (Phi) is 3.44. The van der Waals surface area contributed by atoms with Crippen molar-refractivity contribution < 1.29 is 13.3 Å². The van der Waals surface area contributed by atoms with Crippen LogP contribution in [0.4, 0.5) is 11.5 Å². The zero-order chi connectivity index (χ0) is 12.3. The van der Waals surface area contributed by atoms with E-state index >= 15 is 0 Å². The molecule has 0 unspecified atom stereocenters. The van der Waals surface area contributed by atoms with Crippen molar-refractivity contribution in [2.24, 2.45) is 12.2 Å². The standard InChI is InChI=1S/C6H11N5O4S/c1-10-4-5(11(12)13)6(9-10)8-2-3-16(7,14)15/h4H,2-3H2,1H3,(H,8,9)(H2,7,14,15). The Bertz CT molecular complexity index is 493. The summed E-state index contributed by atoms with van der Waals surface area (Å²) in [6, 6.07) is 0. The maximum absolute atomic E-state index is 10.6. The second-order valence-electron chi connectivity index (χ2n) is 3.09. The van der Waals surface area contributed by atoms with Crippen LogP contribution >= 0.6 is 0 Å². The molecule has 90 valence electrons. The van der Waals surface area contributed by atoms with Gasteiger partial charge in [0.05, 0.1) is 10.7 Å². The monoisotopic (exact) mass is 249 g/mol. The van der Waals surface area contributed by atoms with Gasteiger partial charge in [-0.1, -0.05) is 0 Å². The molecule has 0 spiro atoms. The normalized spacial score (nSPS) is 11.4. The van der Waals surface area contributed by atoms with Gasteiger partial charge in [0.1, 0.15) is 6.20 Å². The van der Waals surface area contributed by atoms with Gasteiger partial charge >= 0.3 is 5.69 Å². The molecule has 16 heavy (non-hydrogen) atoms. The van der Waals surface area contributed by atoms with Crippen LogP contribution in [0.1, 0.15) is 0 Å². The van der Waals surface area contributed by atoms with Crippen LogP contribution < -0.4 is 10.5 Å². The van der Waals surface area contributed by atoms with Crippen LogP contribution in [0.5, 0.6) is 0 Å². The van der Waals surface area contributed by atoms with E-state index in [2.05, 4.69) is 10.4 Å². The fourth-order valence-corrected chi connectivity index (χ4v) is 1.43. The molecule has 1 aromatic rings.